The number of pyridine rings is 1. The number of fused-ring (bicyclic) bond motifs is 1. The van der Waals surface area contributed by atoms with Crippen LogP contribution in [0.25, 0.3) is 0 Å². The van der Waals surface area contributed by atoms with E-state index in [9.17, 15) is 4.79 Å². The molecule has 2 aliphatic carbocycles. The Balaban J connectivity index is 1.67. The number of halogens is 1. The summed E-state index contributed by atoms with van der Waals surface area (Å²) in [4.78, 5) is 16.1. The third-order valence-corrected chi connectivity index (χ3v) is 4.32. The van der Waals surface area contributed by atoms with Crippen molar-refractivity contribution in [3.8, 4) is 0 Å². The monoisotopic (exact) mass is 295 g/mol. The summed E-state index contributed by atoms with van der Waals surface area (Å²) < 4.78 is 0.731. The highest BCUT2D eigenvalue weighted by atomic mass is 79.9. The maximum atomic E-state index is 12.0. The summed E-state index contributed by atoms with van der Waals surface area (Å²) in [7, 11) is 0. The van der Waals surface area contributed by atoms with Crippen LogP contribution in [0.1, 0.15) is 19.3 Å². The molecule has 1 aromatic rings. The summed E-state index contributed by atoms with van der Waals surface area (Å²) in [5.74, 6) is 2.45. The number of carbonyl (C=O) groups excluding carboxylic acids is 1. The fourth-order valence-corrected chi connectivity index (χ4v) is 3.16. The highest BCUT2D eigenvalue weighted by molar-refractivity contribution is 9.10. The first-order valence-corrected chi connectivity index (χ1v) is 6.64. The zero-order valence-electron chi connectivity index (χ0n) is 9.32. The quantitative estimate of drug-likeness (QED) is 0.880. The van der Waals surface area contributed by atoms with E-state index in [1.807, 2.05) is 0 Å². The van der Waals surface area contributed by atoms with E-state index in [2.05, 4.69) is 26.2 Å². The Morgan fingerprint density at radius 3 is 2.76 bits per heavy atom. The largest absolute Gasteiger partial charge is 0.397 e. The Hall–Kier alpha value is -1.10. The first-order chi connectivity index (χ1) is 8.13. The van der Waals surface area contributed by atoms with Gasteiger partial charge < -0.3 is 11.1 Å². The highest BCUT2D eigenvalue weighted by Crippen LogP contribution is 2.54. The second kappa shape index (κ2) is 3.98. The van der Waals surface area contributed by atoms with Crippen LogP contribution in [0.2, 0.25) is 0 Å². The molecule has 3 rings (SSSR count). The Bertz CT molecular complexity index is 467. The number of carbonyl (C=O) groups is 1. The first-order valence-electron chi connectivity index (χ1n) is 5.85. The lowest BCUT2D eigenvalue weighted by molar-refractivity contribution is -0.120. The minimum Gasteiger partial charge on any atom is -0.397 e. The molecule has 0 aromatic carbocycles. The molecule has 3 N–H and O–H groups in total. The van der Waals surface area contributed by atoms with Crippen molar-refractivity contribution in [2.45, 2.75) is 19.3 Å². The zero-order valence-corrected chi connectivity index (χ0v) is 10.9. The van der Waals surface area contributed by atoms with E-state index in [1.54, 1.807) is 12.3 Å². The summed E-state index contributed by atoms with van der Waals surface area (Å²) in [5, 5.41) is 2.87. The smallest absolute Gasteiger partial charge is 0.228 e. The maximum absolute atomic E-state index is 12.0. The number of nitrogens with one attached hydrogen (secondary N) is 1. The van der Waals surface area contributed by atoms with Gasteiger partial charge >= 0.3 is 0 Å². The van der Waals surface area contributed by atoms with Gasteiger partial charge in [0.15, 0.2) is 0 Å². The lowest BCUT2D eigenvalue weighted by atomic mass is 10.0. The van der Waals surface area contributed by atoms with Gasteiger partial charge in [-0.2, -0.15) is 0 Å². The molecule has 1 aromatic heterocycles. The number of amides is 1. The second-order valence-corrected chi connectivity index (χ2v) is 5.87. The van der Waals surface area contributed by atoms with Gasteiger partial charge in [0, 0.05) is 5.92 Å². The molecule has 2 saturated carbocycles. The van der Waals surface area contributed by atoms with Crippen LogP contribution in [0, 0.1) is 17.8 Å². The fraction of sp³-hybridized carbons (Fsp3) is 0.500. The predicted octanol–water partition coefficient (Wildman–Crippen LogP) is 2.41. The number of nitrogens with zero attached hydrogens (tertiary/aromatic N) is 1. The van der Waals surface area contributed by atoms with Crippen LogP contribution in [-0.4, -0.2) is 10.9 Å². The number of hydrogen-bond donors (Lipinski definition) is 2. The normalized spacial score (nSPS) is 29.8. The van der Waals surface area contributed by atoms with Crippen LogP contribution < -0.4 is 11.1 Å². The van der Waals surface area contributed by atoms with E-state index in [0.717, 1.165) is 29.2 Å². The van der Waals surface area contributed by atoms with Gasteiger partial charge in [0.1, 0.15) is 5.82 Å². The number of rotatable bonds is 2. The highest BCUT2D eigenvalue weighted by Gasteiger charge is 2.48. The average Bonchev–Trinajstić information content (AvgIpc) is 2.89. The van der Waals surface area contributed by atoms with Crippen molar-refractivity contribution in [2.24, 2.45) is 17.8 Å². The van der Waals surface area contributed by atoms with Gasteiger partial charge in [0.2, 0.25) is 5.91 Å². The van der Waals surface area contributed by atoms with Crippen LogP contribution in [0.5, 0.6) is 0 Å². The molecule has 2 atom stereocenters. The van der Waals surface area contributed by atoms with Crippen LogP contribution in [0.15, 0.2) is 16.7 Å². The Labute approximate surface area is 108 Å². The molecule has 4 nitrogen and oxygen atoms in total. The standard InChI is InChI=1S/C12H14BrN3O/c13-10-4-9(14)5-15-11(10)16-12(17)8-2-6-1-7(6)3-8/h4-8H,1-3,14H2,(H,15,16,17). The van der Waals surface area contributed by atoms with E-state index in [0.29, 0.717) is 11.5 Å². The van der Waals surface area contributed by atoms with Crippen molar-refractivity contribution in [2.75, 3.05) is 11.1 Å². The third-order valence-electron chi connectivity index (χ3n) is 3.72. The van der Waals surface area contributed by atoms with E-state index in [1.165, 1.54) is 6.42 Å². The number of nitrogens with two attached hydrogens (primary N) is 1. The van der Waals surface area contributed by atoms with Crippen molar-refractivity contribution >= 4 is 33.3 Å². The van der Waals surface area contributed by atoms with Crippen molar-refractivity contribution in [3.05, 3.63) is 16.7 Å². The minimum absolute atomic E-state index is 0.0928. The van der Waals surface area contributed by atoms with Crippen molar-refractivity contribution in [1.29, 1.82) is 0 Å². The first kappa shape index (κ1) is 11.0. The van der Waals surface area contributed by atoms with Gasteiger partial charge in [-0.1, -0.05) is 0 Å². The molecule has 5 heteroatoms. The molecule has 0 bridgehead atoms. The number of nitrogen functional groups attached to an aromatic ring is 1. The van der Waals surface area contributed by atoms with Crippen LogP contribution in [0.3, 0.4) is 0 Å². The van der Waals surface area contributed by atoms with Crippen molar-refractivity contribution in [3.63, 3.8) is 0 Å². The average molecular weight is 296 g/mol. The molecular formula is C12H14BrN3O. The molecule has 1 amide bonds. The van der Waals surface area contributed by atoms with Crippen LogP contribution >= 0.6 is 15.9 Å². The molecule has 0 saturated heterocycles. The molecule has 0 spiro atoms. The van der Waals surface area contributed by atoms with Gasteiger partial charge in [-0.3, -0.25) is 4.79 Å². The minimum atomic E-state index is 0.0928. The lowest BCUT2D eigenvalue weighted by Crippen LogP contribution is -2.22. The summed E-state index contributed by atoms with van der Waals surface area (Å²) in [6, 6.07) is 1.74. The fourth-order valence-electron chi connectivity index (χ4n) is 2.69. The summed E-state index contributed by atoms with van der Waals surface area (Å²) in [6.07, 6.45) is 4.96. The van der Waals surface area contributed by atoms with Gasteiger partial charge in [0.05, 0.1) is 16.4 Å². The van der Waals surface area contributed by atoms with Gasteiger partial charge in [-0.05, 0) is 53.1 Å². The number of anilines is 2. The topological polar surface area (TPSA) is 68.0 Å². The summed E-state index contributed by atoms with van der Waals surface area (Å²) in [5.41, 5.74) is 6.18. The van der Waals surface area contributed by atoms with Crippen molar-refractivity contribution in [1.82, 2.24) is 4.98 Å². The molecule has 17 heavy (non-hydrogen) atoms. The molecule has 2 fully saturated rings. The zero-order chi connectivity index (χ0) is 12.0. The van der Waals surface area contributed by atoms with Crippen LogP contribution in [-0.2, 0) is 4.79 Å². The number of hydrogen-bond acceptors (Lipinski definition) is 3. The Morgan fingerprint density at radius 1 is 1.41 bits per heavy atom. The lowest BCUT2D eigenvalue weighted by Gasteiger charge is -2.12. The van der Waals surface area contributed by atoms with Gasteiger partial charge in [-0.15, -0.1) is 0 Å². The molecular weight excluding hydrogens is 282 g/mol. The number of aromatic nitrogens is 1. The van der Waals surface area contributed by atoms with E-state index in [-0.39, 0.29) is 11.8 Å². The molecule has 2 aliphatic rings. The Kier molecular flexibility index (Phi) is 2.58. The Morgan fingerprint density at radius 2 is 2.12 bits per heavy atom. The third kappa shape index (κ3) is 2.16. The molecule has 2 unspecified atom stereocenters. The van der Waals surface area contributed by atoms with Crippen LogP contribution in [0.4, 0.5) is 11.5 Å². The van der Waals surface area contributed by atoms with Gasteiger partial charge in [0.25, 0.3) is 0 Å². The molecule has 0 radical (unpaired) electrons. The van der Waals surface area contributed by atoms with E-state index in [4.69, 9.17) is 5.73 Å². The van der Waals surface area contributed by atoms with E-state index < -0.39 is 0 Å². The van der Waals surface area contributed by atoms with Gasteiger partial charge in [-0.25, -0.2) is 4.98 Å². The maximum Gasteiger partial charge on any atom is 0.228 e. The van der Waals surface area contributed by atoms with Crippen molar-refractivity contribution < 1.29 is 4.79 Å². The summed E-state index contributed by atoms with van der Waals surface area (Å²) in [6.45, 7) is 0. The molecule has 0 aliphatic heterocycles. The molecule has 1 heterocycles. The molecule has 90 valence electrons. The second-order valence-electron chi connectivity index (χ2n) is 5.01. The summed E-state index contributed by atoms with van der Waals surface area (Å²) >= 11 is 3.35. The van der Waals surface area contributed by atoms with E-state index >= 15 is 0 Å². The predicted molar refractivity (Wildman–Crippen MR) is 69.3 cm³/mol. The SMILES string of the molecule is Nc1cnc(NC(=O)C2CC3CC3C2)c(Br)c1.